The van der Waals surface area contributed by atoms with Crippen LogP contribution in [0.3, 0.4) is 0 Å². The molecule has 0 spiro atoms. The smallest absolute Gasteiger partial charge is 0.259 e. The van der Waals surface area contributed by atoms with Gasteiger partial charge in [0.25, 0.3) is 5.91 Å². The molecule has 7 heteroatoms. The fraction of sp³-hybridized carbons (Fsp3) is 0.467. The van der Waals surface area contributed by atoms with E-state index in [4.69, 9.17) is 0 Å². The van der Waals surface area contributed by atoms with E-state index in [0.29, 0.717) is 31.1 Å². The Bertz CT molecular complexity index is 803. The molecule has 4 rings (SSSR count). The molecule has 22 heavy (non-hydrogen) atoms. The minimum absolute atomic E-state index is 0.190. The lowest BCUT2D eigenvalue weighted by molar-refractivity contribution is 0.0704. The number of carbonyl (C=O) groups excluding carboxylic acids is 1. The molecule has 0 atom stereocenters. The van der Waals surface area contributed by atoms with Crippen LogP contribution in [-0.2, 0) is 13.1 Å². The minimum Gasteiger partial charge on any atom is -0.366 e. The molecule has 2 aliphatic rings. The number of hydrogen-bond donors (Lipinski definition) is 1. The van der Waals surface area contributed by atoms with Crippen molar-refractivity contribution in [1.29, 1.82) is 0 Å². The number of nitrogens with zero attached hydrogens (tertiary/aromatic N) is 4. The topological polar surface area (TPSA) is 83.9 Å². The molecule has 1 amide bonds. The maximum absolute atomic E-state index is 12.6. The van der Waals surface area contributed by atoms with Crippen molar-refractivity contribution < 1.29 is 4.79 Å². The molecule has 2 aromatic heterocycles. The number of carbonyl (C=O) groups is 1. The van der Waals surface area contributed by atoms with Crippen molar-refractivity contribution in [1.82, 2.24) is 24.6 Å². The van der Waals surface area contributed by atoms with Gasteiger partial charge in [-0.3, -0.25) is 9.59 Å². The van der Waals surface area contributed by atoms with Gasteiger partial charge >= 0.3 is 0 Å². The van der Waals surface area contributed by atoms with Crippen molar-refractivity contribution in [3.8, 4) is 0 Å². The summed E-state index contributed by atoms with van der Waals surface area (Å²) in [5.74, 6) is 2.16. The number of pyridine rings is 1. The number of rotatable bonds is 2. The minimum atomic E-state index is -0.243. The van der Waals surface area contributed by atoms with E-state index >= 15 is 0 Å². The third kappa shape index (κ3) is 2.04. The summed E-state index contributed by atoms with van der Waals surface area (Å²) in [5.41, 5.74) is 0.520. The van der Waals surface area contributed by atoms with Crippen LogP contribution < -0.4 is 5.43 Å². The molecule has 0 saturated heterocycles. The monoisotopic (exact) mass is 299 g/mol. The highest BCUT2D eigenvalue weighted by Crippen LogP contribution is 2.39. The summed E-state index contributed by atoms with van der Waals surface area (Å²) in [5, 5.41) is 8.48. The van der Waals surface area contributed by atoms with Crippen molar-refractivity contribution >= 4 is 5.91 Å². The second kappa shape index (κ2) is 4.79. The summed E-state index contributed by atoms with van der Waals surface area (Å²) in [6.45, 7) is 3.39. The lowest BCUT2D eigenvalue weighted by atomic mass is 10.1. The first-order valence-electron chi connectivity index (χ1n) is 7.54. The van der Waals surface area contributed by atoms with Gasteiger partial charge in [-0.05, 0) is 19.8 Å². The lowest BCUT2D eigenvalue weighted by Gasteiger charge is -2.27. The van der Waals surface area contributed by atoms with Gasteiger partial charge in [0, 0.05) is 37.0 Å². The molecule has 1 saturated carbocycles. The molecule has 0 radical (unpaired) electrons. The molecule has 1 fully saturated rings. The third-order valence-corrected chi connectivity index (χ3v) is 4.37. The van der Waals surface area contributed by atoms with Gasteiger partial charge in [0.2, 0.25) is 0 Å². The summed E-state index contributed by atoms with van der Waals surface area (Å²) in [4.78, 5) is 29.2. The standard InChI is InChI=1S/C15H17N5O2/c1-9-6-16-7-11(13(9)21)15(22)19-4-5-20-12(8-19)17-18-14(20)10-2-3-10/h6-7,10H,2-5,8H2,1H3,(H,16,21). The summed E-state index contributed by atoms with van der Waals surface area (Å²) < 4.78 is 2.13. The van der Waals surface area contributed by atoms with Crippen LogP contribution >= 0.6 is 0 Å². The first-order chi connectivity index (χ1) is 10.6. The molecule has 1 aliphatic carbocycles. The van der Waals surface area contributed by atoms with E-state index < -0.39 is 0 Å². The maximum atomic E-state index is 12.6. The van der Waals surface area contributed by atoms with Gasteiger partial charge in [-0.25, -0.2) is 0 Å². The van der Waals surface area contributed by atoms with E-state index in [-0.39, 0.29) is 16.9 Å². The SMILES string of the molecule is Cc1c[nH]cc(C(=O)N2CCn3c(nnc3C3CC3)C2)c1=O. The predicted octanol–water partition coefficient (Wildman–Crippen LogP) is 0.808. The molecule has 0 unspecified atom stereocenters. The Labute approximate surface area is 127 Å². The highest BCUT2D eigenvalue weighted by Gasteiger charge is 2.33. The Hall–Kier alpha value is -2.44. The van der Waals surface area contributed by atoms with Crippen LogP contribution in [0.4, 0.5) is 0 Å². The van der Waals surface area contributed by atoms with E-state index in [1.807, 2.05) is 0 Å². The second-order valence-corrected chi connectivity index (χ2v) is 6.01. The molecule has 7 nitrogen and oxygen atoms in total. The van der Waals surface area contributed by atoms with Crippen molar-refractivity contribution in [2.24, 2.45) is 0 Å². The van der Waals surface area contributed by atoms with Crippen LogP contribution in [0, 0.1) is 6.92 Å². The molecule has 1 aliphatic heterocycles. The van der Waals surface area contributed by atoms with E-state index in [1.54, 1.807) is 18.0 Å². The summed E-state index contributed by atoms with van der Waals surface area (Å²) in [6, 6.07) is 0. The molecule has 2 aromatic rings. The van der Waals surface area contributed by atoms with E-state index in [9.17, 15) is 9.59 Å². The molecular formula is C15H17N5O2. The molecule has 1 N–H and O–H groups in total. The first-order valence-corrected chi connectivity index (χ1v) is 7.54. The number of amides is 1. The van der Waals surface area contributed by atoms with Crippen LogP contribution in [0.5, 0.6) is 0 Å². The van der Waals surface area contributed by atoms with Crippen LogP contribution in [0.25, 0.3) is 0 Å². The lowest BCUT2D eigenvalue weighted by Crippen LogP contribution is -2.40. The zero-order chi connectivity index (χ0) is 15.3. The molecular weight excluding hydrogens is 282 g/mol. The largest absolute Gasteiger partial charge is 0.366 e. The Morgan fingerprint density at radius 1 is 1.27 bits per heavy atom. The fourth-order valence-electron chi connectivity index (χ4n) is 2.92. The zero-order valence-electron chi connectivity index (χ0n) is 12.4. The molecule has 0 aromatic carbocycles. The van der Waals surface area contributed by atoms with Gasteiger partial charge in [-0.15, -0.1) is 10.2 Å². The quantitative estimate of drug-likeness (QED) is 0.889. The Morgan fingerprint density at radius 2 is 2.09 bits per heavy atom. The van der Waals surface area contributed by atoms with Crippen LogP contribution in [0.15, 0.2) is 17.2 Å². The van der Waals surface area contributed by atoms with Crippen LogP contribution in [0.2, 0.25) is 0 Å². The Kier molecular flexibility index (Phi) is 2.88. The fourth-order valence-corrected chi connectivity index (χ4v) is 2.92. The maximum Gasteiger partial charge on any atom is 0.259 e. The van der Waals surface area contributed by atoms with Crippen molar-refractivity contribution in [3.63, 3.8) is 0 Å². The summed E-state index contributed by atoms with van der Waals surface area (Å²) >= 11 is 0. The summed E-state index contributed by atoms with van der Waals surface area (Å²) in [7, 11) is 0. The molecule has 3 heterocycles. The molecule has 114 valence electrons. The van der Waals surface area contributed by atoms with E-state index in [1.165, 1.54) is 19.0 Å². The number of aromatic nitrogens is 4. The van der Waals surface area contributed by atoms with Gasteiger partial charge in [-0.2, -0.15) is 0 Å². The van der Waals surface area contributed by atoms with Gasteiger partial charge in [0.05, 0.1) is 6.54 Å². The van der Waals surface area contributed by atoms with Gasteiger partial charge in [0.1, 0.15) is 11.4 Å². The average molecular weight is 299 g/mol. The Balaban J connectivity index is 1.60. The van der Waals surface area contributed by atoms with Crippen LogP contribution in [0.1, 0.15) is 46.3 Å². The van der Waals surface area contributed by atoms with E-state index in [2.05, 4.69) is 19.7 Å². The molecule has 0 bridgehead atoms. The zero-order valence-corrected chi connectivity index (χ0v) is 12.4. The number of aromatic amines is 1. The highest BCUT2D eigenvalue weighted by molar-refractivity contribution is 5.94. The number of aryl methyl sites for hydroxylation is 1. The normalized spacial score (nSPS) is 17.4. The number of hydrogen-bond acceptors (Lipinski definition) is 4. The third-order valence-electron chi connectivity index (χ3n) is 4.37. The van der Waals surface area contributed by atoms with Gasteiger partial charge < -0.3 is 14.5 Å². The van der Waals surface area contributed by atoms with Crippen molar-refractivity contribution in [2.75, 3.05) is 6.54 Å². The second-order valence-electron chi connectivity index (χ2n) is 6.01. The Morgan fingerprint density at radius 3 is 2.86 bits per heavy atom. The number of H-pyrrole nitrogens is 1. The summed E-state index contributed by atoms with van der Waals surface area (Å²) in [6.07, 6.45) is 5.44. The van der Waals surface area contributed by atoms with Crippen molar-refractivity contribution in [3.05, 3.63) is 45.4 Å². The number of nitrogens with one attached hydrogen (secondary N) is 1. The highest BCUT2D eigenvalue weighted by atomic mass is 16.2. The average Bonchev–Trinajstić information content (AvgIpc) is 3.28. The van der Waals surface area contributed by atoms with Crippen molar-refractivity contribution in [2.45, 2.75) is 38.8 Å². The van der Waals surface area contributed by atoms with Gasteiger partial charge in [-0.1, -0.05) is 0 Å². The first kappa shape index (κ1) is 13.2. The van der Waals surface area contributed by atoms with E-state index in [0.717, 1.165) is 11.6 Å². The predicted molar refractivity (Wildman–Crippen MR) is 78.5 cm³/mol. The van der Waals surface area contributed by atoms with Gasteiger partial charge in [0.15, 0.2) is 11.3 Å². The van der Waals surface area contributed by atoms with Crippen LogP contribution in [-0.4, -0.2) is 37.1 Å². The number of fused-ring (bicyclic) bond motifs is 1.